The van der Waals surface area contributed by atoms with Crippen LogP contribution < -0.4 is 10.5 Å². The number of hydrogen-bond donors (Lipinski definition) is 1. The molecule has 5 heteroatoms. The fourth-order valence-corrected chi connectivity index (χ4v) is 2.68. The van der Waals surface area contributed by atoms with E-state index in [2.05, 4.69) is 31.9 Å². The first-order valence-electron chi connectivity index (χ1n) is 5.09. The van der Waals surface area contributed by atoms with E-state index in [4.69, 9.17) is 22.7 Å². The van der Waals surface area contributed by atoms with Gasteiger partial charge in [-0.3, -0.25) is 0 Å². The van der Waals surface area contributed by atoms with E-state index >= 15 is 0 Å². The zero-order valence-electron chi connectivity index (χ0n) is 9.19. The lowest BCUT2D eigenvalue weighted by Crippen LogP contribution is -2.09. The third-order valence-corrected chi connectivity index (χ3v) is 3.61. The van der Waals surface area contributed by atoms with Gasteiger partial charge < -0.3 is 10.5 Å². The van der Waals surface area contributed by atoms with Crippen molar-refractivity contribution in [2.75, 3.05) is 0 Å². The van der Waals surface area contributed by atoms with Crippen LogP contribution in [0, 0.1) is 0 Å². The van der Waals surface area contributed by atoms with E-state index in [1.54, 1.807) is 0 Å². The lowest BCUT2D eigenvalue weighted by Gasteiger charge is -2.08. The zero-order chi connectivity index (χ0) is 13.1. The second-order valence-electron chi connectivity index (χ2n) is 3.57. The molecule has 0 heterocycles. The van der Waals surface area contributed by atoms with Crippen molar-refractivity contribution >= 4 is 49.1 Å². The van der Waals surface area contributed by atoms with Gasteiger partial charge in [0.05, 0.1) is 0 Å². The van der Waals surface area contributed by atoms with Crippen molar-refractivity contribution in [2.45, 2.75) is 0 Å². The molecule has 2 N–H and O–H groups in total. The van der Waals surface area contributed by atoms with E-state index in [0.29, 0.717) is 4.99 Å². The molecule has 0 spiro atoms. The number of benzene rings is 2. The summed E-state index contributed by atoms with van der Waals surface area (Å²) in [6.45, 7) is 0. The molecule has 0 aliphatic rings. The number of ether oxygens (including phenoxy) is 1. The van der Waals surface area contributed by atoms with Gasteiger partial charge in [-0.05, 0) is 52.3 Å². The summed E-state index contributed by atoms with van der Waals surface area (Å²) in [6, 6.07) is 13.2. The summed E-state index contributed by atoms with van der Waals surface area (Å²) >= 11 is 11.8. The van der Waals surface area contributed by atoms with Gasteiger partial charge >= 0.3 is 0 Å². The molecule has 0 radical (unpaired) electrons. The molecule has 0 aliphatic carbocycles. The van der Waals surface area contributed by atoms with Gasteiger partial charge in [0.15, 0.2) is 0 Å². The van der Waals surface area contributed by atoms with Gasteiger partial charge in [0.25, 0.3) is 0 Å². The predicted octanol–water partition coefficient (Wildman–Crippen LogP) is 4.64. The quantitative estimate of drug-likeness (QED) is 0.780. The Kier molecular flexibility index (Phi) is 4.37. The maximum Gasteiger partial charge on any atom is 0.128 e. The standard InChI is InChI=1S/C13H9Br2NOS/c14-8-2-1-3-9(6-8)17-10-4-5-11(13(16)18)12(15)7-10/h1-7H,(H2,16,18). The van der Waals surface area contributed by atoms with Gasteiger partial charge in [0.1, 0.15) is 16.5 Å². The molecule has 0 amide bonds. The summed E-state index contributed by atoms with van der Waals surface area (Å²) in [5.74, 6) is 1.49. The minimum absolute atomic E-state index is 0.357. The van der Waals surface area contributed by atoms with E-state index in [-0.39, 0.29) is 0 Å². The van der Waals surface area contributed by atoms with Crippen molar-refractivity contribution in [1.82, 2.24) is 0 Å². The molecule has 18 heavy (non-hydrogen) atoms. The van der Waals surface area contributed by atoms with Gasteiger partial charge in [0.2, 0.25) is 0 Å². The third-order valence-electron chi connectivity index (χ3n) is 2.24. The molecule has 0 saturated carbocycles. The number of nitrogens with two attached hydrogens (primary N) is 1. The molecule has 0 unspecified atom stereocenters. The Morgan fingerprint density at radius 2 is 1.78 bits per heavy atom. The van der Waals surface area contributed by atoms with E-state index in [9.17, 15) is 0 Å². The predicted molar refractivity (Wildman–Crippen MR) is 84.2 cm³/mol. The van der Waals surface area contributed by atoms with Crippen LogP contribution in [-0.2, 0) is 0 Å². The SMILES string of the molecule is NC(=S)c1ccc(Oc2cccc(Br)c2)cc1Br. The van der Waals surface area contributed by atoms with Gasteiger partial charge in [-0.2, -0.15) is 0 Å². The summed E-state index contributed by atoms with van der Waals surface area (Å²) in [7, 11) is 0. The summed E-state index contributed by atoms with van der Waals surface area (Å²) in [5, 5.41) is 0. The molecule has 0 aromatic heterocycles. The van der Waals surface area contributed by atoms with Crippen molar-refractivity contribution in [1.29, 1.82) is 0 Å². The van der Waals surface area contributed by atoms with Crippen LogP contribution in [0.5, 0.6) is 11.5 Å². The van der Waals surface area contributed by atoms with Crippen molar-refractivity contribution in [3.63, 3.8) is 0 Å². The van der Waals surface area contributed by atoms with Crippen LogP contribution in [0.15, 0.2) is 51.4 Å². The molecule has 2 rings (SSSR count). The minimum atomic E-state index is 0.357. The molecule has 0 aliphatic heterocycles. The lowest BCUT2D eigenvalue weighted by atomic mass is 10.2. The van der Waals surface area contributed by atoms with Gasteiger partial charge in [-0.25, -0.2) is 0 Å². The van der Waals surface area contributed by atoms with E-state index in [1.807, 2.05) is 42.5 Å². The van der Waals surface area contributed by atoms with Crippen LogP contribution in [-0.4, -0.2) is 4.99 Å². The highest BCUT2D eigenvalue weighted by atomic mass is 79.9. The zero-order valence-corrected chi connectivity index (χ0v) is 13.2. The van der Waals surface area contributed by atoms with Crippen LogP contribution >= 0.6 is 44.1 Å². The molecule has 0 fully saturated rings. The van der Waals surface area contributed by atoms with Gasteiger partial charge in [-0.1, -0.05) is 34.2 Å². The van der Waals surface area contributed by atoms with E-state index in [1.165, 1.54) is 0 Å². The van der Waals surface area contributed by atoms with Crippen LogP contribution in [0.3, 0.4) is 0 Å². The first-order valence-corrected chi connectivity index (χ1v) is 7.08. The Labute approximate surface area is 127 Å². The Hall–Kier alpha value is -0.910. The minimum Gasteiger partial charge on any atom is -0.457 e. The maximum atomic E-state index is 5.73. The number of hydrogen-bond acceptors (Lipinski definition) is 2. The topological polar surface area (TPSA) is 35.2 Å². The second kappa shape index (κ2) is 5.82. The Bertz CT molecular complexity index is 601. The summed E-state index contributed by atoms with van der Waals surface area (Å²) in [4.78, 5) is 0.357. The van der Waals surface area contributed by atoms with Crippen molar-refractivity contribution in [3.05, 3.63) is 57.0 Å². The Morgan fingerprint density at radius 3 is 2.39 bits per heavy atom. The Morgan fingerprint density at radius 1 is 1.06 bits per heavy atom. The fraction of sp³-hybridized carbons (Fsp3) is 0. The van der Waals surface area contributed by atoms with Gasteiger partial charge in [-0.15, -0.1) is 0 Å². The highest BCUT2D eigenvalue weighted by Gasteiger charge is 2.05. The fourth-order valence-electron chi connectivity index (χ4n) is 1.43. The summed E-state index contributed by atoms with van der Waals surface area (Å²) in [6.07, 6.45) is 0. The molecular formula is C13H9Br2NOS. The van der Waals surface area contributed by atoms with Crippen molar-refractivity contribution in [2.24, 2.45) is 5.73 Å². The molecule has 92 valence electrons. The highest BCUT2D eigenvalue weighted by molar-refractivity contribution is 9.10. The maximum absolute atomic E-state index is 5.73. The molecule has 2 aromatic rings. The summed E-state index contributed by atoms with van der Waals surface area (Å²) in [5.41, 5.74) is 6.39. The molecule has 0 saturated heterocycles. The molecule has 0 bridgehead atoms. The van der Waals surface area contributed by atoms with E-state index < -0.39 is 0 Å². The smallest absolute Gasteiger partial charge is 0.128 e. The van der Waals surface area contributed by atoms with E-state index in [0.717, 1.165) is 26.0 Å². The first-order chi connectivity index (χ1) is 8.56. The summed E-state index contributed by atoms with van der Waals surface area (Å²) < 4.78 is 7.52. The van der Waals surface area contributed by atoms with Gasteiger partial charge in [0, 0.05) is 14.5 Å². The van der Waals surface area contributed by atoms with Crippen molar-refractivity contribution < 1.29 is 4.74 Å². The first kappa shape index (κ1) is 13.5. The highest BCUT2D eigenvalue weighted by Crippen LogP contribution is 2.28. The average Bonchev–Trinajstić information content (AvgIpc) is 2.28. The lowest BCUT2D eigenvalue weighted by molar-refractivity contribution is 0.482. The molecular weight excluding hydrogens is 378 g/mol. The normalized spacial score (nSPS) is 10.1. The van der Waals surface area contributed by atoms with Crippen LogP contribution in [0.2, 0.25) is 0 Å². The monoisotopic (exact) mass is 385 g/mol. The van der Waals surface area contributed by atoms with Crippen LogP contribution in [0.4, 0.5) is 0 Å². The molecule has 0 atom stereocenters. The number of rotatable bonds is 3. The average molecular weight is 387 g/mol. The van der Waals surface area contributed by atoms with Crippen molar-refractivity contribution in [3.8, 4) is 11.5 Å². The van der Waals surface area contributed by atoms with Crippen LogP contribution in [0.1, 0.15) is 5.56 Å². The number of halogens is 2. The largest absolute Gasteiger partial charge is 0.457 e. The number of thiocarbonyl (C=S) groups is 1. The molecule has 2 nitrogen and oxygen atoms in total. The van der Waals surface area contributed by atoms with Crippen LogP contribution in [0.25, 0.3) is 0 Å². The second-order valence-corrected chi connectivity index (χ2v) is 5.78. The Balaban J connectivity index is 2.25. The third kappa shape index (κ3) is 3.31. The molecule has 2 aromatic carbocycles.